The van der Waals surface area contributed by atoms with Gasteiger partial charge in [-0.15, -0.1) is 0 Å². The summed E-state index contributed by atoms with van der Waals surface area (Å²) in [4.78, 5) is 8.39. The molecule has 0 saturated heterocycles. The minimum absolute atomic E-state index is 0.152. The lowest BCUT2D eigenvalue weighted by Gasteiger charge is -2.08. The Hall–Kier alpha value is -2.54. The fourth-order valence-electron chi connectivity index (χ4n) is 2.05. The van der Waals surface area contributed by atoms with Crippen molar-refractivity contribution >= 4 is 9.84 Å². The van der Waals surface area contributed by atoms with Gasteiger partial charge in [-0.1, -0.05) is 0 Å². The summed E-state index contributed by atoms with van der Waals surface area (Å²) < 4.78 is 37.6. The Morgan fingerprint density at radius 1 is 1.05 bits per heavy atom. The minimum Gasteiger partial charge on any atom is -0.283 e. The quantitative estimate of drug-likeness (QED) is 0.744. The first-order chi connectivity index (χ1) is 10.4. The van der Waals surface area contributed by atoms with E-state index in [4.69, 9.17) is 0 Å². The molecule has 0 amide bonds. The third kappa shape index (κ3) is 2.75. The van der Waals surface area contributed by atoms with Crippen LogP contribution in [0.3, 0.4) is 0 Å². The highest BCUT2D eigenvalue weighted by molar-refractivity contribution is 7.90. The van der Waals surface area contributed by atoms with Crippen LogP contribution in [0.5, 0.6) is 0 Å². The molecule has 0 aliphatic rings. The van der Waals surface area contributed by atoms with E-state index in [1.165, 1.54) is 24.4 Å². The van der Waals surface area contributed by atoms with Crippen molar-refractivity contribution in [3.05, 3.63) is 60.9 Å². The van der Waals surface area contributed by atoms with Gasteiger partial charge in [0.25, 0.3) is 0 Å². The van der Waals surface area contributed by atoms with Crippen LogP contribution in [-0.2, 0) is 9.84 Å². The molecule has 0 spiro atoms. The first kappa shape index (κ1) is 14.4. The Balaban J connectivity index is 2.03. The standard InChI is InChI=1S/C15H12FN3O2S/c1-22(20,21)13-6-7-15(18-8-13)19-10-17-9-14(19)11-2-4-12(16)5-3-11/h2-10H,1H3. The van der Waals surface area contributed by atoms with Crippen LogP contribution in [0.1, 0.15) is 0 Å². The van der Waals surface area contributed by atoms with Crippen molar-refractivity contribution in [2.75, 3.05) is 6.26 Å². The van der Waals surface area contributed by atoms with Crippen LogP contribution in [0, 0.1) is 5.82 Å². The van der Waals surface area contributed by atoms with Gasteiger partial charge in [0.15, 0.2) is 9.84 Å². The summed E-state index contributed by atoms with van der Waals surface area (Å²) in [6.07, 6.45) is 5.64. The van der Waals surface area contributed by atoms with Crippen molar-refractivity contribution in [3.63, 3.8) is 0 Å². The van der Waals surface area contributed by atoms with Gasteiger partial charge in [0.05, 0.1) is 16.8 Å². The Morgan fingerprint density at radius 3 is 2.36 bits per heavy atom. The van der Waals surface area contributed by atoms with Crippen molar-refractivity contribution < 1.29 is 12.8 Å². The molecule has 2 aromatic heterocycles. The van der Waals surface area contributed by atoms with E-state index in [0.717, 1.165) is 17.5 Å². The van der Waals surface area contributed by atoms with E-state index in [2.05, 4.69) is 9.97 Å². The number of nitrogens with zero attached hydrogens (tertiary/aromatic N) is 3. The molecule has 0 atom stereocenters. The molecule has 0 N–H and O–H groups in total. The normalized spacial score (nSPS) is 11.5. The van der Waals surface area contributed by atoms with E-state index in [0.29, 0.717) is 5.82 Å². The van der Waals surface area contributed by atoms with Crippen LogP contribution >= 0.6 is 0 Å². The molecule has 1 aromatic carbocycles. The Bertz CT molecular complexity index is 901. The molecule has 22 heavy (non-hydrogen) atoms. The van der Waals surface area contributed by atoms with E-state index in [1.54, 1.807) is 35.3 Å². The molecule has 0 radical (unpaired) electrons. The molecule has 0 unspecified atom stereocenters. The Labute approximate surface area is 127 Å². The fraction of sp³-hybridized carbons (Fsp3) is 0.0667. The van der Waals surface area contributed by atoms with Gasteiger partial charge in [0.1, 0.15) is 18.0 Å². The van der Waals surface area contributed by atoms with Gasteiger partial charge < -0.3 is 0 Å². The summed E-state index contributed by atoms with van der Waals surface area (Å²) in [5, 5.41) is 0. The van der Waals surface area contributed by atoms with Crippen molar-refractivity contribution in [2.45, 2.75) is 4.90 Å². The van der Waals surface area contributed by atoms with Crippen LogP contribution in [0.25, 0.3) is 17.1 Å². The third-order valence-corrected chi connectivity index (χ3v) is 4.27. The zero-order valence-corrected chi connectivity index (χ0v) is 12.5. The van der Waals surface area contributed by atoms with Crippen LogP contribution in [0.4, 0.5) is 4.39 Å². The topological polar surface area (TPSA) is 64.8 Å². The molecular weight excluding hydrogens is 305 g/mol. The lowest BCUT2D eigenvalue weighted by molar-refractivity contribution is 0.601. The van der Waals surface area contributed by atoms with E-state index < -0.39 is 9.84 Å². The first-order valence-electron chi connectivity index (χ1n) is 6.40. The van der Waals surface area contributed by atoms with Gasteiger partial charge in [-0.25, -0.2) is 22.8 Å². The predicted molar refractivity (Wildman–Crippen MR) is 79.9 cm³/mol. The molecule has 0 fully saturated rings. The van der Waals surface area contributed by atoms with Crippen molar-refractivity contribution in [2.24, 2.45) is 0 Å². The molecule has 3 rings (SSSR count). The number of aromatic nitrogens is 3. The Morgan fingerprint density at radius 2 is 1.77 bits per heavy atom. The third-order valence-electron chi connectivity index (χ3n) is 3.17. The highest BCUT2D eigenvalue weighted by Crippen LogP contribution is 2.22. The van der Waals surface area contributed by atoms with Crippen LogP contribution < -0.4 is 0 Å². The maximum atomic E-state index is 13.0. The molecule has 0 saturated carbocycles. The summed E-state index contributed by atoms with van der Waals surface area (Å²) >= 11 is 0. The summed E-state index contributed by atoms with van der Waals surface area (Å²) in [5.41, 5.74) is 1.52. The molecular formula is C15H12FN3O2S. The monoisotopic (exact) mass is 317 g/mol. The van der Waals surface area contributed by atoms with Crippen molar-refractivity contribution in [1.29, 1.82) is 0 Å². The SMILES string of the molecule is CS(=O)(=O)c1ccc(-n2cncc2-c2ccc(F)cc2)nc1. The number of halogens is 1. The van der Waals surface area contributed by atoms with E-state index in [9.17, 15) is 12.8 Å². The smallest absolute Gasteiger partial charge is 0.177 e. The van der Waals surface area contributed by atoms with Crippen LogP contribution in [0.2, 0.25) is 0 Å². The lowest BCUT2D eigenvalue weighted by atomic mass is 10.1. The Kier molecular flexibility index (Phi) is 3.50. The van der Waals surface area contributed by atoms with E-state index in [-0.39, 0.29) is 10.7 Å². The molecule has 0 bridgehead atoms. The number of benzene rings is 1. The van der Waals surface area contributed by atoms with Gasteiger partial charge in [-0.05, 0) is 36.4 Å². The van der Waals surface area contributed by atoms with Gasteiger partial charge in [-0.3, -0.25) is 4.57 Å². The fourth-order valence-corrected chi connectivity index (χ4v) is 2.61. The average molecular weight is 317 g/mol. The molecule has 2 heterocycles. The second-order valence-corrected chi connectivity index (χ2v) is 6.80. The maximum Gasteiger partial charge on any atom is 0.177 e. The highest BCUT2D eigenvalue weighted by atomic mass is 32.2. The van der Waals surface area contributed by atoms with Gasteiger partial charge in [0, 0.05) is 18.0 Å². The summed E-state index contributed by atoms with van der Waals surface area (Å²) in [6, 6.07) is 9.12. The number of hydrogen-bond donors (Lipinski definition) is 0. The molecule has 112 valence electrons. The maximum absolute atomic E-state index is 13.0. The number of rotatable bonds is 3. The van der Waals surface area contributed by atoms with Crippen molar-refractivity contribution in [3.8, 4) is 17.1 Å². The molecule has 3 aromatic rings. The number of imidazole rings is 1. The van der Waals surface area contributed by atoms with Gasteiger partial charge in [0.2, 0.25) is 0 Å². The average Bonchev–Trinajstić information content (AvgIpc) is 2.97. The van der Waals surface area contributed by atoms with E-state index >= 15 is 0 Å². The summed E-state index contributed by atoms with van der Waals surface area (Å²) in [6.45, 7) is 0. The zero-order chi connectivity index (χ0) is 15.7. The lowest BCUT2D eigenvalue weighted by Crippen LogP contribution is -2.02. The largest absolute Gasteiger partial charge is 0.283 e. The van der Waals surface area contributed by atoms with Crippen molar-refractivity contribution in [1.82, 2.24) is 14.5 Å². The second-order valence-electron chi connectivity index (χ2n) is 4.78. The number of pyridine rings is 1. The van der Waals surface area contributed by atoms with Crippen LogP contribution in [0.15, 0.2) is 60.0 Å². The minimum atomic E-state index is -3.28. The van der Waals surface area contributed by atoms with Gasteiger partial charge >= 0.3 is 0 Å². The molecule has 7 heteroatoms. The molecule has 5 nitrogen and oxygen atoms in total. The second kappa shape index (κ2) is 5.34. The summed E-state index contributed by atoms with van der Waals surface area (Å²) in [5.74, 6) is 0.217. The molecule has 0 aliphatic heterocycles. The van der Waals surface area contributed by atoms with E-state index in [1.807, 2.05) is 0 Å². The zero-order valence-electron chi connectivity index (χ0n) is 11.6. The summed E-state index contributed by atoms with van der Waals surface area (Å²) in [7, 11) is -3.28. The number of hydrogen-bond acceptors (Lipinski definition) is 4. The van der Waals surface area contributed by atoms with Gasteiger partial charge in [-0.2, -0.15) is 0 Å². The first-order valence-corrected chi connectivity index (χ1v) is 8.29. The van der Waals surface area contributed by atoms with Crippen LogP contribution in [-0.4, -0.2) is 29.2 Å². The highest BCUT2D eigenvalue weighted by Gasteiger charge is 2.11. The number of sulfone groups is 1. The molecule has 0 aliphatic carbocycles. The predicted octanol–water partition coefficient (Wildman–Crippen LogP) is 2.48.